The summed E-state index contributed by atoms with van der Waals surface area (Å²) in [5.74, 6) is 0.727. The van der Waals surface area contributed by atoms with Crippen LogP contribution in [0.15, 0.2) is 34.7 Å². The van der Waals surface area contributed by atoms with Gasteiger partial charge in [0.05, 0.1) is 5.56 Å². The molecular weight excluding hydrogens is 348 g/mol. The van der Waals surface area contributed by atoms with Crippen LogP contribution in [0, 0.1) is 6.92 Å². The van der Waals surface area contributed by atoms with Crippen LogP contribution in [-0.2, 0) is 12.0 Å². The van der Waals surface area contributed by atoms with Gasteiger partial charge in [-0.05, 0) is 38.1 Å². The van der Waals surface area contributed by atoms with Gasteiger partial charge in [-0.15, -0.1) is 0 Å². The Bertz CT molecular complexity index is 908. The van der Waals surface area contributed by atoms with E-state index in [1.807, 2.05) is 24.3 Å². The molecule has 4 rings (SSSR count). The molecule has 0 aliphatic carbocycles. The summed E-state index contributed by atoms with van der Waals surface area (Å²) in [6.45, 7) is 15.8. The number of hydrogen-bond donors (Lipinski definition) is 1. The Balaban J connectivity index is 1.61. The molecule has 0 radical (unpaired) electrons. The molecule has 1 aromatic carbocycles. The molecule has 150 valence electrons. The van der Waals surface area contributed by atoms with Crippen LogP contribution in [0.2, 0.25) is 0 Å². The SMILES string of the molecule is Cc1c(-c2nc3ccccc3o2)cc(C(C)(C)C)n1CCCN1CCNCC1. The van der Waals surface area contributed by atoms with Crippen molar-refractivity contribution in [2.45, 2.75) is 46.1 Å². The van der Waals surface area contributed by atoms with E-state index in [1.54, 1.807) is 0 Å². The Morgan fingerprint density at radius 2 is 1.86 bits per heavy atom. The number of piperazine rings is 1. The summed E-state index contributed by atoms with van der Waals surface area (Å²) in [7, 11) is 0. The average molecular weight is 381 g/mol. The third-order valence-corrected chi connectivity index (χ3v) is 5.72. The quantitative estimate of drug-likeness (QED) is 0.721. The van der Waals surface area contributed by atoms with E-state index in [2.05, 4.69) is 48.5 Å². The van der Waals surface area contributed by atoms with Gasteiger partial charge in [-0.25, -0.2) is 4.98 Å². The first kappa shape index (κ1) is 19.2. The zero-order valence-electron chi connectivity index (χ0n) is 17.6. The highest BCUT2D eigenvalue weighted by molar-refractivity contribution is 5.76. The third kappa shape index (κ3) is 3.87. The van der Waals surface area contributed by atoms with E-state index >= 15 is 0 Å². The van der Waals surface area contributed by atoms with Gasteiger partial charge in [0.25, 0.3) is 0 Å². The van der Waals surface area contributed by atoms with Crippen LogP contribution in [0.5, 0.6) is 0 Å². The van der Waals surface area contributed by atoms with Gasteiger partial charge in [-0.2, -0.15) is 0 Å². The van der Waals surface area contributed by atoms with Gasteiger partial charge in [0, 0.05) is 49.5 Å². The fourth-order valence-electron chi connectivity index (χ4n) is 4.15. The van der Waals surface area contributed by atoms with Gasteiger partial charge in [0.2, 0.25) is 5.89 Å². The zero-order chi connectivity index (χ0) is 19.7. The van der Waals surface area contributed by atoms with Crippen LogP contribution in [-0.4, -0.2) is 47.2 Å². The Kier molecular flexibility index (Phi) is 5.30. The molecular formula is C23H32N4O. The van der Waals surface area contributed by atoms with Gasteiger partial charge < -0.3 is 19.2 Å². The predicted molar refractivity (Wildman–Crippen MR) is 115 cm³/mol. The van der Waals surface area contributed by atoms with Crippen LogP contribution < -0.4 is 5.32 Å². The standard InChI is InChI=1S/C23H32N4O/c1-17-18(22-25-19-8-5-6-9-20(19)28-22)16-21(23(2,3)4)27(17)13-7-12-26-14-10-24-11-15-26/h5-6,8-9,16,24H,7,10-15H2,1-4H3. The zero-order valence-corrected chi connectivity index (χ0v) is 17.6. The first-order chi connectivity index (χ1) is 13.4. The van der Waals surface area contributed by atoms with E-state index in [4.69, 9.17) is 9.40 Å². The Hall–Kier alpha value is -2.11. The molecule has 0 saturated carbocycles. The number of benzene rings is 1. The number of nitrogens with zero attached hydrogens (tertiary/aromatic N) is 3. The molecule has 1 aliphatic rings. The second kappa shape index (κ2) is 7.72. The number of nitrogens with one attached hydrogen (secondary N) is 1. The minimum Gasteiger partial charge on any atom is -0.436 e. The summed E-state index contributed by atoms with van der Waals surface area (Å²) in [6, 6.07) is 10.3. The topological polar surface area (TPSA) is 46.2 Å². The van der Waals surface area contributed by atoms with E-state index in [-0.39, 0.29) is 5.41 Å². The monoisotopic (exact) mass is 380 g/mol. The minimum atomic E-state index is 0.0735. The lowest BCUT2D eigenvalue weighted by Crippen LogP contribution is -2.43. The Morgan fingerprint density at radius 1 is 1.11 bits per heavy atom. The lowest BCUT2D eigenvalue weighted by atomic mass is 9.92. The molecule has 1 saturated heterocycles. The highest BCUT2D eigenvalue weighted by Crippen LogP contribution is 2.34. The molecule has 0 spiro atoms. The molecule has 0 bridgehead atoms. The second-order valence-electron chi connectivity index (χ2n) is 8.86. The van der Waals surface area contributed by atoms with Crippen LogP contribution in [0.3, 0.4) is 0 Å². The summed E-state index contributed by atoms with van der Waals surface area (Å²) in [6.07, 6.45) is 1.16. The summed E-state index contributed by atoms with van der Waals surface area (Å²) in [5.41, 5.74) is 5.55. The highest BCUT2D eigenvalue weighted by atomic mass is 16.3. The third-order valence-electron chi connectivity index (χ3n) is 5.72. The number of rotatable bonds is 5. The molecule has 2 aromatic heterocycles. The van der Waals surface area contributed by atoms with Crippen molar-refractivity contribution in [1.82, 2.24) is 19.8 Å². The number of hydrogen-bond acceptors (Lipinski definition) is 4. The molecule has 0 unspecified atom stereocenters. The molecule has 0 amide bonds. The lowest BCUT2D eigenvalue weighted by Gasteiger charge is -2.28. The van der Waals surface area contributed by atoms with Crippen molar-refractivity contribution < 1.29 is 4.42 Å². The second-order valence-corrected chi connectivity index (χ2v) is 8.86. The first-order valence-electron chi connectivity index (χ1n) is 10.4. The van der Waals surface area contributed by atoms with Gasteiger partial charge >= 0.3 is 0 Å². The maximum atomic E-state index is 6.08. The molecule has 3 heterocycles. The van der Waals surface area contributed by atoms with Gasteiger partial charge in [0.1, 0.15) is 5.52 Å². The summed E-state index contributed by atoms with van der Waals surface area (Å²) < 4.78 is 8.55. The Labute approximate surface area is 167 Å². The van der Waals surface area contributed by atoms with E-state index < -0.39 is 0 Å². The number of aromatic nitrogens is 2. The van der Waals surface area contributed by atoms with Crippen LogP contribution >= 0.6 is 0 Å². The largest absolute Gasteiger partial charge is 0.436 e. The van der Waals surface area contributed by atoms with Crippen molar-refractivity contribution in [1.29, 1.82) is 0 Å². The van der Waals surface area contributed by atoms with Crippen LogP contribution in [0.25, 0.3) is 22.6 Å². The van der Waals surface area contributed by atoms with E-state index in [9.17, 15) is 0 Å². The highest BCUT2D eigenvalue weighted by Gasteiger charge is 2.25. The Morgan fingerprint density at radius 3 is 2.57 bits per heavy atom. The van der Waals surface area contributed by atoms with Crippen molar-refractivity contribution in [3.8, 4) is 11.5 Å². The number of oxazole rings is 1. The van der Waals surface area contributed by atoms with Crippen LogP contribution in [0.1, 0.15) is 38.6 Å². The van der Waals surface area contributed by atoms with Gasteiger partial charge in [-0.3, -0.25) is 0 Å². The van der Waals surface area contributed by atoms with Crippen molar-refractivity contribution in [2.75, 3.05) is 32.7 Å². The molecule has 28 heavy (non-hydrogen) atoms. The van der Waals surface area contributed by atoms with Crippen molar-refractivity contribution >= 4 is 11.1 Å². The molecule has 0 atom stereocenters. The molecule has 3 aromatic rings. The van der Waals surface area contributed by atoms with Gasteiger partial charge in [-0.1, -0.05) is 32.9 Å². The maximum Gasteiger partial charge on any atom is 0.229 e. The van der Waals surface area contributed by atoms with E-state index in [0.29, 0.717) is 0 Å². The number of para-hydroxylation sites is 2. The minimum absolute atomic E-state index is 0.0735. The lowest BCUT2D eigenvalue weighted by molar-refractivity contribution is 0.234. The predicted octanol–water partition coefficient (Wildman–Crippen LogP) is 4.20. The van der Waals surface area contributed by atoms with Crippen molar-refractivity contribution in [2.24, 2.45) is 0 Å². The molecule has 1 fully saturated rings. The fraction of sp³-hybridized carbons (Fsp3) is 0.522. The molecule has 1 N–H and O–H groups in total. The normalized spacial score (nSPS) is 16.1. The fourth-order valence-corrected chi connectivity index (χ4v) is 4.15. The number of fused-ring (bicyclic) bond motifs is 1. The van der Waals surface area contributed by atoms with Crippen molar-refractivity contribution in [3.63, 3.8) is 0 Å². The molecule has 5 heteroatoms. The van der Waals surface area contributed by atoms with Crippen molar-refractivity contribution in [3.05, 3.63) is 41.7 Å². The molecule has 1 aliphatic heterocycles. The summed E-state index contributed by atoms with van der Waals surface area (Å²) in [4.78, 5) is 7.30. The first-order valence-corrected chi connectivity index (χ1v) is 10.4. The van der Waals surface area contributed by atoms with Gasteiger partial charge in [0.15, 0.2) is 5.58 Å². The van der Waals surface area contributed by atoms with E-state index in [1.165, 1.54) is 11.4 Å². The van der Waals surface area contributed by atoms with E-state index in [0.717, 1.165) is 68.2 Å². The smallest absolute Gasteiger partial charge is 0.229 e. The van der Waals surface area contributed by atoms with Crippen LogP contribution in [0.4, 0.5) is 0 Å². The maximum absolute atomic E-state index is 6.08. The average Bonchev–Trinajstić information content (AvgIpc) is 3.24. The summed E-state index contributed by atoms with van der Waals surface area (Å²) >= 11 is 0. The summed E-state index contributed by atoms with van der Waals surface area (Å²) in [5, 5.41) is 3.43. The molecule has 5 nitrogen and oxygen atoms in total.